The highest BCUT2D eigenvalue weighted by Crippen LogP contribution is 2.32. The highest BCUT2D eigenvalue weighted by Gasteiger charge is 2.33. The Kier molecular flexibility index (Phi) is 8.13. The molecule has 0 saturated carbocycles. The van der Waals surface area contributed by atoms with Crippen molar-refractivity contribution in [1.82, 2.24) is 5.32 Å². The number of carbonyl (C=O) groups excluding carboxylic acids is 1. The molecule has 1 heterocycles. The SMILES string of the molecule is CC(C)NC(=O)c1cc(N(Cc2ccccc2)S(=O)(=O)C2=COC=C(CC3=CC=CCC3)O2)ccc1F. The molecule has 2 aromatic carbocycles. The molecule has 2 aliphatic rings. The lowest BCUT2D eigenvalue weighted by Gasteiger charge is -2.27. The van der Waals surface area contributed by atoms with Crippen LogP contribution >= 0.6 is 0 Å². The summed E-state index contributed by atoms with van der Waals surface area (Å²) in [6.07, 6.45) is 10.6. The molecule has 9 heteroatoms. The minimum atomic E-state index is -4.31. The second kappa shape index (κ2) is 11.5. The van der Waals surface area contributed by atoms with Gasteiger partial charge in [0.1, 0.15) is 24.1 Å². The number of amides is 1. The average Bonchev–Trinajstić information content (AvgIpc) is 2.88. The standard InChI is InChI=1S/C28H29FN2O5S/c1-20(2)30-28(32)25-16-23(13-14-26(25)29)31(17-22-11-7-4-8-12-22)37(33,34)27-19-35-18-24(36-27)15-21-9-5-3-6-10-21/h3-5,7-9,11-14,16,18-20H,6,10,15,17H2,1-2H3,(H,30,32). The highest BCUT2D eigenvalue weighted by atomic mass is 32.2. The number of hydrogen-bond acceptors (Lipinski definition) is 5. The minimum Gasteiger partial charge on any atom is -0.464 e. The monoisotopic (exact) mass is 524 g/mol. The Labute approximate surface area is 216 Å². The van der Waals surface area contributed by atoms with E-state index in [9.17, 15) is 17.6 Å². The molecule has 2 aromatic rings. The number of anilines is 1. The normalized spacial score (nSPS) is 15.2. The number of ether oxygens (including phenoxy) is 2. The molecule has 1 N–H and O–H groups in total. The van der Waals surface area contributed by atoms with Crippen molar-refractivity contribution >= 4 is 21.6 Å². The second-order valence-corrected chi connectivity index (χ2v) is 10.8. The number of sulfonamides is 1. The number of halogens is 1. The Balaban J connectivity index is 1.67. The Morgan fingerprint density at radius 1 is 1.14 bits per heavy atom. The number of nitrogens with zero attached hydrogens (tertiary/aromatic N) is 1. The van der Waals surface area contributed by atoms with E-state index in [-0.39, 0.29) is 23.8 Å². The van der Waals surface area contributed by atoms with Crippen LogP contribution in [0, 0.1) is 5.82 Å². The van der Waals surface area contributed by atoms with Gasteiger partial charge in [0.05, 0.1) is 17.8 Å². The summed E-state index contributed by atoms with van der Waals surface area (Å²) < 4.78 is 54.6. The van der Waals surface area contributed by atoms with Gasteiger partial charge in [-0.25, -0.2) is 4.39 Å². The van der Waals surface area contributed by atoms with Crippen molar-refractivity contribution in [2.24, 2.45) is 0 Å². The van der Waals surface area contributed by atoms with Crippen molar-refractivity contribution in [3.05, 3.63) is 113 Å². The molecule has 0 atom stereocenters. The molecule has 1 aliphatic carbocycles. The predicted octanol–water partition coefficient (Wildman–Crippen LogP) is 5.65. The van der Waals surface area contributed by atoms with Gasteiger partial charge in [0.2, 0.25) is 0 Å². The Morgan fingerprint density at radius 3 is 2.62 bits per heavy atom. The molecule has 7 nitrogen and oxygen atoms in total. The number of rotatable bonds is 9. The average molecular weight is 525 g/mol. The fourth-order valence-corrected chi connectivity index (χ4v) is 5.23. The maximum Gasteiger partial charge on any atom is 0.301 e. The third kappa shape index (κ3) is 6.48. The van der Waals surface area contributed by atoms with Gasteiger partial charge in [0.25, 0.3) is 11.0 Å². The molecule has 194 valence electrons. The largest absolute Gasteiger partial charge is 0.464 e. The third-order valence-corrected chi connectivity index (χ3v) is 7.32. The fourth-order valence-electron chi connectivity index (χ4n) is 3.91. The fraction of sp³-hybridized carbons (Fsp3) is 0.250. The van der Waals surface area contributed by atoms with Gasteiger partial charge in [0.15, 0.2) is 0 Å². The van der Waals surface area contributed by atoms with Crippen LogP contribution < -0.4 is 9.62 Å². The van der Waals surface area contributed by atoms with Gasteiger partial charge >= 0.3 is 10.0 Å². The molecule has 1 amide bonds. The van der Waals surface area contributed by atoms with Gasteiger partial charge in [-0.15, -0.1) is 0 Å². The summed E-state index contributed by atoms with van der Waals surface area (Å²) in [4.78, 5) is 12.6. The topological polar surface area (TPSA) is 84.9 Å². The summed E-state index contributed by atoms with van der Waals surface area (Å²) in [5, 5.41) is 2.24. The summed E-state index contributed by atoms with van der Waals surface area (Å²) in [6, 6.07) is 12.4. The Hall–Kier alpha value is -3.85. The summed E-state index contributed by atoms with van der Waals surface area (Å²) in [5.74, 6) is -1.03. The molecule has 37 heavy (non-hydrogen) atoms. The van der Waals surface area contributed by atoms with Crippen LogP contribution in [0.2, 0.25) is 0 Å². The van der Waals surface area contributed by atoms with Gasteiger partial charge < -0.3 is 14.8 Å². The van der Waals surface area contributed by atoms with Crippen LogP contribution in [0.25, 0.3) is 0 Å². The lowest BCUT2D eigenvalue weighted by atomic mass is 10.0. The van der Waals surface area contributed by atoms with E-state index in [1.54, 1.807) is 38.1 Å². The van der Waals surface area contributed by atoms with E-state index in [4.69, 9.17) is 9.47 Å². The smallest absolute Gasteiger partial charge is 0.301 e. The van der Waals surface area contributed by atoms with Gasteiger partial charge in [0, 0.05) is 12.5 Å². The quantitative estimate of drug-likeness (QED) is 0.458. The molecule has 0 aromatic heterocycles. The lowest BCUT2D eigenvalue weighted by molar-refractivity contribution is 0.0939. The highest BCUT2D eigenvalue weighted by molar-refractivity contribution is 7.96. The second-order valence-electron chi connectivity index (χ2n) is 9.02. The van der Waals surface area contributed by atoms with Gasteiger partial charge in [-0.05, 0) is 50.5 Å². The minimum absolute atomic E-state index is 0.0737. The van der Waals surface area contributed by atoms with Crippen LogP contribution in [-0.4, -0.2) is 20.4 Å². The number of carbonyl (C=O) groups is 1. The zero-order valence-corrected chi connectivity index (χ0v) is 21.5. The van der Waals surface area contributed by atoms with Crippen molar-refractivity contribution < 1.29 is 27.1 Å². The predicted molar refractivity (Wildman–Crippen MR) is 140 cm³/mol. The molecule has 0 radical (unpaired) electrons. The number of allylic oxidation sites excluding steroid dienone is 4. The zero-order valence-electron chi connectivity index (χ0n) is 20.7. The lowest BCUT2D eigenvalue weighted by Crippen LogP contribution is -2.34. The molecule has 0 saturated heterocycles. The van der Waals surface area contributed by atoms with E-state index in [1.807, 2.05) is 18.2 Å². The van der Waals surface area contributed by atoms with Crippen LogP contribution in [0.3, 0.4) is 0 Å². The molecular formula is C28H29FN2O5S. The Morgan fingerprint density at radius 2 is 1.92 bits per heavy atom. The number of benzene rings is 2. The van der Waals surface area contributed by atoms with Gasteiger partial charge in [-0.2, -0.15) is 8.42 Å². The molecule has 0 spiro atoms. The van der Waals surface area contributed by atoms with Crippen molar-refractivity contribution in [2.75, 3.05) is 4.31 Å². The summed E-state index contributed by atoms with van der Waals surface area (Å²) in [6.45, 7) is 3.43. The molecule has 0 unspecified atom stereocenters. The maximum absolute atomic E-state index is 14.6. The van der Waals surface area contributed by atoms with E-state index >= 15 is 0 Å². The first kappa shape index (κ1) is 26.2. The maximum atomic E-state index is 14.6. The van der Waals surface area contributed by atoms with Crippen LogP contribution in [0.15, 0.2) is 95.7 Å². The van der Waals surface area contributed by atoms with Crippen LogP contribution in [0.1, 0.15) is 49.0 Å². The molecular weight excluding hydrogens is 495 g/mol. The zero-order chi connectivity index (χ0) is 26.4. The van der Waals surface area contributed by atoms with Crippen molar-refractivity contribution in [3.8, 4) is 0 Å². The molecule has 0 bridgehead atoms. The third-order valence-electron chi connectivity index (χ3n) is 5.71. The van der Waals surface area contributed by atoms with Crippen LogP contribution in [0.5, 0.6) is 0 Å². The Bertz CT molecular complexity index is 1380. The summed E-state index contributed by atoms with van der Waals surface area (Å²) in [7, 11) is -4.31. The summed E-state index contributed by atoms with van der Waals surface area (Å²) in [5.41, 5.74) is 1.64. The van der Waals surface area contributed by atoms with E-state index < -0.39 is 26.8 Å². The summed E-state index contributed by atoms with van der Waals surface area (Å²) >= 11 is 0. The van der Waals surface area contributed by atoms with E-state index in [2.05, 4.69) is 11.4 Å². The first-order valence-corrected chi connectivity index (χ1v) is 13.4. The van der Waals surface area contributed by atoms with E-state index in [0.29, 0.717) is 17.7 Å². The van der Waals surface area contributed by atoms with E-state index in [0.717, 1.165) is 35.0 Å². The number of hydrogen-bond donors (Lipinski definition) is 1. The van der Waals surface area contributed by atoms with Crippen molar-refractivity contribution in [3.63, 3.8) is 0 Å². The molecule has 0 fully saturated rings. The van der Waals surface area contributed by atoms with E-state index in [1.165, 1.54) is 18.4 Å². The molecule has 1 aliphatic heterocycles. The molecule has 4 rings (SSSR count). The van der Waals surface area contributed by atoms with Gasteiger partial charge in [-0.1, -0.05) is 54.1 Å². The van der Waals surface area contributed by atoms with Crippen molar-refractivity contribution in [1.29, 1.82) is 0 Å². The van der Waals surface area contributed by atoms with Crippen LogP contribution in [0.4, 0.5) is 10.1 Å². The first-order chi connectivity index (χ1) is 17.7. The number of nitrogens with one attached hydrogen (secondary N) is 1. The van der Waals surface area contributed by atoms with Gasteiger partial charge in [-0.3, -0.25) is 9.10 Å². The van der Waals surface area contributed by atoms with Crippen molar-refractivity contribution in [2.45, 2.75) is 45.7 Å². The van der Waals surface area contributed by atoms with Crippen LogP contribution in [-0.2, 0) is 26.0 Å². The first-order valence-electron chi connectivity index (χ1n) is 12.0.